The molecule has 0 unspecified atom stereocenters. The number of hydrogen-bond acceptors (Lipinski definition) is 3. The lowest BCUT2D eigenvalue weighted by molar-refractivity contribution is -0.154. The van der Waals surface area contributed by atoms with Crippen LogP contribution in [0.2, 0.25) is 5.02 Å². The topological polar surface area (TPSA) is 54.7 Å². The molecule has 0 saturated carbocycles. The minimum Gasteiger partial charge on any atom is -0.468 e. The summed E-state index contributed by atoms with van der Waals surface area (Å²) in [5.74, 6) is 0.507. The van der Waals surface area contributed by atoms with E-state index in [2.05, 4.69) is 15.3 Å². The molecule has 0 radical (unpaired) electrons. The highest BCUT2D eigenvalue weighted by Gasteiger charge is 2.29. The summed E-state index contributed by atoms with van der Waals surface area (Å²) >= 11 is 6.00. The number of guanidine groups is 1. The number of hydrogen-bond donors (Lipinski definition) is 1. The number of aryl methyl sites for hydroxylation is 1. The Morgan fingerprint density at radius 1 is 1.44 bits per heavy atom. The second-order valence-electron chi connectivity index (χ2n) is 5.89. The Kier molecular flexibility index (Phi) is 6.95. The molecule has 0 aliphatic heterocycles. The highest BCUT2D eigenvalue weighted by Crippen LogP contribution is 2.20. The zero-order valence-electron chi connectivity index (χ0n) is 15.2. The number of aromatic nitrogens is 2. The Morgan fingerprint density at radius 3 is 2.78 bits per heavy atom. The second kappa shape index (κ2) is 8.98. The molecular weight excluding hydrogens is 383 g/mol. The fraction of sp³-hybridized carbons (Fsp3) is 0.412. The standard InChI is InChI=1S/C17H21ClF3N5O/c1-22-16(26(3)10-14-7-13(18)9-25(14)2)24-8-12-5-4-6-23-15(12)27-11-17(19,20)21/h4-7,9H,8,10-11H2,1-3H3,(H,22,24). The smallest absolute Gasteiger partial charge is 0.422 e. The fourth-order valence-corrected chi connectivity index (χ4v) is 2.71. The number of nitrogens with one attached hydrogen (secondary N) is 1. The molecule has 0 atom stereocenters. The van der Waals surface area contributed by atoms with E-state index in [4.69, 9.17) is 16.3 Å². The lowest BCUT2D eigenvalue weighted by Gasteiger charge is -2.22. The van der Waals surface area contributed by atoms with Crippen molar-refractivity contribution in [1.29, 1.82) is 0 Å². The SMILES string of the molecule is CN=C(NCc1cccnc1OCC(F)(F)F)N(C)Cc1cc(Cl)cn1C. The van der Waals surface area contributed by atoms with Crippen LogP contribution in [-0.2, 0) is 20.1 Å². The quantitative estimate of drug-likeness (QED) is 0.594. The van der Waals surface area contributed by atoms with E-state index in [-0.39, 0.29) is 12.4 Å². The molecule has 10 heteroatoms. The van der Waals surface area contributed by atoms with E-state index in [9.17, 15) is 13.2 Å². The Labute approximate surface area is 160 Å². The van der Waals surface area contributed by atoms with Crippen LogP contribution in [0.4, 0.5) is 13.2 Å². The van der Waals surface area contributed by atoms with Gasteiger partial charge in [-0.2, -0.15) is 13.2 Å². The maximum atomic E-state index is 12.4. The van der Waals surface area contributed by atoms with Crippen molar-refractivity contribution in [2.45, 2.75) is 19.3 Å². The highest BCUT2D eigenvalue weighted by atomic mass is 35.5. The van der Waals surface area contributed by atoms with Gasteiger partial charge in [0.2, 0.25) is 5.88 Å². The number of pyridine rings is 1. The maximum absolute atomic E-state index is 12.4. The van der Waals surface area contributed by atoms with Crippen LogP contribution in [0.1, 0.15) is 11.3 Å². The third-order valence-electron chi connectivity index (χ3n) is 3.71. The van der Waals surface area contributed by atoms with Crippen LogP contribution in [-0.4, -0.2) is 47.3 Å². The Balaban J connectivity index is 2.00. The van der Waals surface area contributed by atoms with E-state index < -0.39 is 12.8 Å². The van der Waals surface area contributed by atoms with Gasteiger partial charge in [-0.15, -0.1) is 0 Å². The van der Waals surface area contributed by atoms with Crippen molar-refractivity contribution in [3.8, 4) is 5.88 Å². The fourth-order valence-electron chi connectivity index (χ4n) is 2.44. The molecule has 2 aromatic rings. The third kappa shape index (κ3) is 6.35. The normalized spacial score (nSPS) is 12.2. The largest absolute Gasteiger partial charge is 0.468 e. The van der Waals surface area contributed by atoms with Gasteiger partial charge >= 0.3 is 6.18 Å². The van der Waals surface area contributed by atoms with Gasteiger partial charge in [-0.25, -0.2) is 4.98 Å². The second-order valence-corrected chi connectivity index (χ2v) is 6.33. The van der Waals surface area contributed by atoms with Crippen molar-refractivity contribution >= 4 is 17.6 Å². The van der Waals surface area contributed by atoms with E-state index in [0.717, 1.165) is 5.69 Å². The van der Waals surface area contributed by atoms with Crippen molar-refractivity contribution < 1.29 is 17.9 Å². The van der Waals surface area contributed by atoms with Gasteiger partial charge in [0.05, 0.1) is 11.6 Å². The Morgan fingerprint density at radius 2 is 2.19 bits per heavy atom. The average Bonchev–Trinajstić information content (AvgIpc) is 2.91. The molecule has 2 heterocycles. The van der Waals surface area contributed by atoms with Crippen LogP contribution in [0.15, 0.2) is 35.6 Å². The number of ether oxygens (including phenoxy) is 1. The number of rotatable bonds is 6. The van der Waals surface area contributed by atoms with E-state index in [1.165, 1.54) is 6.20 Å². The molecule has 27 heavy (non-hydrogen) atoms. The molecule has 2 aromatic heterocycles. The molecule has 0 aliphatic carbocycles. The molecule has 0 amide bonds. The van der Waals surface area contributed by atoms with Crippen LogP contribution in [0.3, 0.4) is 0 Å². The van der Waals surface area contributed by atoms with Crippen LogP contribution < -0.4 is 10.1 Å². The number of aliphatic imine (C=N–C) groups is 1. The summed E-state index contributed by atoms with van der Waals surface area (Å²) in [4.78, 5) is 9.95. The average molecular weight is 404 g/mol. The lowest BCUT2D eigenvalue weighted by atomic mass is 10.2. The molecule has 6 nitrogen and oxygen atoms in total. The van der Waals surface area contributed by atoms with Gasteiger partial charge in [0, 0.05) is 51.3 Å². The molecule has 0 aliphatic rings. The van der Waals surface area contributed by atoms with Gasteiger partial charge in [-0.05, 0) is 12.1 Å². The van der Waals surface area contributed by atoms with Crippen molar-refractivity contribution in [1.82, 2.24) is 19.8 Å². The number of halogens is 4. The molecule has 1 N–H and O–H groups in total. The molecule has 0 spiro atoms. The minimum absolute atomic E-state index is 0.0605. The van der Waals surface area contributed by atoms with Gasteiger partial charge in [-0.1, -0.05) is 17.7 Å². The first-order valence-electron chi connectivity index (χ1n) is 8.05. The van der Waals surface area contributed by atoms with E-state index in [1.807, 2.05) is 29.6 Å². The van der Waals surface area contributed by atoms with Crippen LogP contribution in [0.5, 0.6) is 5.88 Å². The summed E-state index contributed by atoms with van der Waals surface area (Å²) in [7, 11) is 5.37. The van der Waals surface area contributed by atoms with Crippen molar-refractivity contribution in [2.24, 2.45) is 12.0 Å². The summed E-state index contributed by atoms with van der Waals surface area (Å²) in [5, 5.41) is 3.75. The van der Waals surface area contributed by atoms with Crippen LogP contribution in [0, 0.1) is 0 Å². The Bertz CT molecular complexity index is 791. The minimum atomic E-state index is -4.42. The van der Waals surface area contributed by atoms with Gasteiger partial charge in [0.1, 0.15) is 0 Å². The van der Waals surface area contributed by atoms with E-state index in [0.29, 0.717) is 23.1 Å². The summed E-state index contributed by atoms with van der Waals surface area (Å²) in [6, 6.07) is 5.14. The lowest BCUT2D eigenvalue weighted by Crippen LogP contribution is -2.38. The summed E-state index contributed by atoms with van der Waals surface area (Å²) in [5.41, 5.74) is 1.49. The van der Waals surface area contributed by atoms with Gasteiger partial charge < -0.3 is 19.5 Å². The van der Waals surface area contributed by atoms with Crippen LogP contribution in [0.25, 0.3) is 0 Å². The summed E-state index contributed by atoms with van der Waals surface area (Å²) in [6.45, 7) is -0.626. The first-order valence-corrected chi connectivity index (χ1v) is 8.43. The zero-order valence-corrected chi connectivity index (χ0v) is 16.0. The van der Waals surface area contributed by atoms with Crippen LogP contribution >= 0.6 is 11.6 Å². The number of alkyl halides is 3. The summed E-state index contributed by atoms with van der Waals surface area (Å²) in [6.07, 6.45) is -1.23. The van der Waals surface area contributed by atoms with E-state index in [1.54, 1.807) is 25.4 Å². The molecule has 0 saturated heterocycles. The molecular formula is C17H21ClF3N5O. The zero-order chi connectivity index (χ0) is 20.0. The molecule has 0 aromatic carbocycles. The van der Waals surface area contributed by atoms with Crippen molar-refractivity contribution in [2.75, 3.05) is 20.7 Å². The molecule has 148 valence electrons. The Hall–Kier alpha value is -2.42. The highest BCUT2D eigenvalue weighted by molar-refractivity contribution is 6.30. The van der Waals surface area contributed by atoms with Gasteiger partial charge in [0.25, 0.3) is 0 Å². The molecule has 2 rings (SSSR count). The number of nitrogens with zero attached hydrogens (tertiary/aromatic N) is 4. The van der Waals surface area contributed by atoms with E-state index >= 15 is 0 Å². The van der Waals surface area contributed by atoms with Gasteiger partial charge in [0.15, 0.2) is 12.6 Å². The predicted octanol–water partition coefficient (Wildman–Crippen LogP) is 3.22. The maximum Gasteiger partial charge on any atom is 0.422 e. The molecule has 0 fully saturated rings. The van der Waals surface area contributed by atoms with Crippen molar-refractivity contribution in [3.05, 3.63) is 46.9 Å². The first kappa shape index (κ1) is 20.9. The first-order chi connectivity index (χ1) is 12.7. The third-order valence-corrected chi connectivity index (χ3v) is 3.91. The van der Waals surface area contributed by atoms with Crippen molar-refractivity contribution in [3.63, 3.8) is 0 Å². The predicted molar refractivity (Wildman–Crippen MR) is 97.9 cm³/mol. The summed E-state index contributed by atoms with van der Waals surface area (Å²) < 4.78 is 43.9. The monoisotopic (exact) mass is 403 g/mol. The van der Waals surface area contributed by atoms with Gasteiger partial charge in [-0.3, -0.25) is 4.99 Å². The molecule has 0 bridgehead atoms.